The molecule has 17 heavy (non-hydrogen) atoms. The molecule has 0 aromatic carbocycles. The van der Waals surface area contributed by atoms with Crippen molar-refractivity contribution >= 4 is 17.4 Å². The number of hydrogen-bond donors (Lipinski definition) is 2. The molecular formula is C11H16ClN3O2. The Hall–Kier alpha value is -1.07. The average molecular weight is 258 g/mol. The monoisotopic (exact) mass is 257 g/mol. The molecular weight excluding hydrogens is 242 g/mol. The Morgan fingerprint density at radius 1 is 1.53 bits per heavy atom. The fraction of sp³-hybridized carbons (Fsp3) is 0.636. The predicted octanol–water partition coefficient (Wildman–Crippen LogP) is 1.71. The lowest BCUT2D eigenvalue weighted by molar-refractivity contribution is 0.222. The molecule has 1 aliphatic rings. The molecule has 1 fully saturated rings. The van der Waals surface area contributed by atoms with Crippen molar-refractivity contribution < 1.29 is 9.84 Å². The molecule has 0 radical (unpaired) electrons. The standard InChI is InChI=1S/C11H16ClN3O2/c1-17-9-10(12)13-6-14-11(9)15-8-4-2-3-7(8)5-16/h6-8,16H,2-5H2,1H3,(H,13,14,15). The van der Waals surface area contributed by atoms with Gasteiger partial charge in [0.1, 0.15) is 6.33 Å². The maximum Gasteiger partial charge on any atom is 0.198 e. The predicted molar refractivity (Wildman–Crippen MR) is 65.4 cm³/mol. The number of hydrogen-bond acceptors (Lipinski definition) is 5. The molecule has 5 nitrogen and oxygen atoms in total. The second kappa shape index (κ2) is 5.51. The number of aliphatic hydroxyl groups is 1. The van der Waals surface area contributed by atoms with Gasteiger partial charge in [0.05, 0.1) is 7.11 Å². The van der Waals surface area contributed by atoms with Crippen molar-refractivity contribution in [2.45, 2.75) is 25.3 Å². The Morgan fingerprint density at radius 2 is 2.35 bits per heavy atom. The van der Waals surface area contributed by atoms with Gasteiger partial charge in [-0.05, 0) is 12.8 Å². The number of halogens is 1. The minimum Gasteiger partial charge on any atom is -0.490 e. The SMILES string of the molecule is COc1c(Cl)ncnc1NC1CCCC1CO. The molecule has 1 heterocycles. The van der Waals surface area contributed by atoms with E-state index in [0.717, 1.165) is 19.3 Å². The highest BCUT2D eigenvalue weighted by atomic mass is 35.5. The van der Waals surface area contributed by atoms with Crippen molar-refractivity contribution in [1.82, 2.24) is 9.97 Å². The van der Waals surface area contributed by atoms with Crippen LogP contribution < -0.4 is 10.1 Å². The van der Waals surface area contributed by atoms with E-state index < -0.39 is 0 Å². The molecule has 1 aromatic heterocycles. The van der Waals surface area contributed by atoms with E-state index in [2.05, 4.69) is 15.3 Å². The molecule has 0 amide bonds. The molecule has 1 aromatic rings. The molecule has 1 aliphatic carbocycles. The second-order valence-electron chi connectivity index (χ2n) is 4.17. The smallest absolute Gasteiger partial charge is 0.198 e. The van der Waals surface area contributed by atoms with Crippen molar-refractivity contribution in [2.24, 2.45) is 5.92 Å². The van der Waals surface area contributed by atoms with E-state index >= 15 is 0 Å². The van der Waals surface area contributed by atoms with Crippen LogP contribution in [0.25, 0.3) is 0 Å². The summed E-state index contributed by atoms with van der Waals surface area (Å²) >= 11 is 5.92. The number of nitrogens with one attached hydrogen (secondary N) is 1. The zero-order valence-corrected chi connectivity index (χ0v) is 10.4. The van der Waals surface area contributed by atoms with Crippen LogP contribution in [0.4, 0.5) is 5.82 Å². The van der Waals surface area contributed by atoms with E-state index in [1.54, 1.807) is 0 Å². The van der Waals surface area contributed by atoms with E-state index in [1.807, 2.05) is 0 Å². The normalized spacial score (nSPS) is 23.7. The van der Waals surface area contributed by atoms with Crippen LogP contribution in [0.15, 0.2) is 6.33 Å². The molecule has 2 atom stereocenters. The van der Waals surface area contributed by atoms with E-state index in [0.29, 0.717) is 16.7 Å². The largest absolute Gasteiger partial charge is 0.490 e. The minimum absolute atomic E-state index is 0.193. The summed E-state index contributed by atoms with van der Waals surface area (Å²) in [5.41, 5.74) is 0. The van der Waals surface area contributed by atoms with Gasteiger partial charge < -0.3 is 15.2 Å². The van der Waals surface area contributed by atoms with Crippen LogP contribution in [-0.2, 0) is 0 Å². The van der Waals surface area contributed by atoms with Crippen LogP contribution in [0.2, 0.25) is 5.15 Å². The third kappa shape index (κ3) is 2.61. The minimum atomic E-state index is 0.193. The number of rotatable bonds is 4. The van der Waals surface area contributed by atoms with Crippen molar-refractivity contribution in [3.8, 4) is 5.75 Å². The Bertz CT molecular complexity index is 389. The first-order chi connectivity index (χ1) is 8.26. The molecule has 2 unspecified atom stereocenters. The highest BCUT2D eigenvalue weighted by Gasteiger charge is 2.27. The van der Waals surface area contributed by atoms with E-state index in [9.17, 15) is 5.11 Å². The zero-order valence-electron chi connectivity index (χ0n) is 9.69. The van der Waals surface area contributed by atoms with Gasteiger partial charge in [-0.25, -0.2) is 9.97 Å². The van der Waals surface area contributed by atoms with Gasteiger partial charge in [0, 0.05) is 18.6 Å². The highest BCUT2D eigenvalue weighted by molar-refractivity contribution is 6.31. The second-order valence-corrected chi connectivity index (χ2v) is 4.53. The van der Waals surface area contributed by atoms with Gasteiger partial charge in [-0.1, -0.05) is 18.0 Å². The number of anilines is 1. The van der Waals surface area contributed by atoms with Crippen LogP contribution in [0, 0.1) is 5.92 Å². The molecule has 1 saturated carbocycles. The van der Waals surface area contributed by atoms with Gasteiger partial charge >= 0.3 is 0 Å². The van der Waals surface area contributed by atoms with Gasteiger partial charge in [0.25, 0.3) is 0 Å². The van der Waals surface area contributed by atoms with Crippen LogP contribution >= 0.6 is 11.6 Å². The highest BCUT2D eigenvalue weighted by Crippen LogP contribution is 2.33. The Morgan fingerprint density at radius 3 is 3.06 bits per heavy atom. The first-order valence-electron chi connectivity index (χ1n) is 5.68. The topological polar surface area (TPSA) is 67.3 Å². The van der Waals surface area contributed by atoms with E-state index in [1.165, 1.54) is 13.4 Å². The van der Waals surface area contributed by atoms with Gasteiger partial charge in [0.15, 0.2) is 16.7 Å². The molecule has 94 valence electrons. The number of aliphatic hydroxyl groups excluding tert-OH is 1. The summed E-state index contributed by atoms with van der Waals surface area (Å²) in [5, 5.41) is 12.8. The third-order valence-electron chi connectivity index (χ3n) is 3.18. The summed E-state index contributed by atoms with van der Waals surface area (Å²) in [6, 6.07) is 0.222. The molecule has 2 rings (SSSR count). The van der Waals surface area contributed by atoms with Crippen LogP contribution in [0.3, 0.4) is 0 Å². The van der Waals surface area contributed by atoms with Crippen LogP contribution in [-0.4, -0.2) is 34.8 Å². The van der Waals surface area contributed by atoms with E-state index in [4.69, 9.17) is 16.3 Å². The molecule has 0 spiro atoms. The quantitative estimate of drug-likeness (QED) is 0.804. The Balaban J connectivity index is 2.15. The lowest BCUT2D eigenvalue weighted by atomic mass is 10.1. The van der Waals surface area contributed by atoms with Crippen molar-refractivity contribution in [3.63, 3.8) is 0 Å². The van der Waals surface area contributed by atoms with Crippen molar-refractivity contribution in [1.29, 1.82) is 0 Å². The molecule has 0 saturated heterocycles. The molecule has 2 N–H and O–H groups in total. The van der Waals surface area contributed by atoms with E-state index in [-0.39, 0.29) is 18.6 Å². The number of aromatic nitrogens is 2. The summed E-state index contributed by atoms with van der Waals surface area (Å²) in [6.45, 7) is 0.193. The van der Waals surface area contributed by atoms with Gasteiger partial charge in [0.2, 0.25) is 0 Å². The third-order valence-corrected chi connectivity index (χ3v) is 3.45. The lowest BCUT2D eigenvalue weighted by Crippen LogP contribution is -2.27. The maximum atomic E-state index is 9.27. The van der Waals surface area contributed by atoms with Gasteiger partial charge in [-0.3, -0.25) is 0 Å². The Labute approximate surface area is 105 Å². The summed E-state index contributed by atoms with van der Waals surface area (Å²) in [6.07, 6.45) is 4.57. The average Bonchev–Trinajstić information content (AvgIpc) is 2.77. The zero-order chi connectivity index (χ0) is 12.3. The summed E-state index contributed by atoms with van der Waals surface area (Å²) in [7, 11) is 1.54. The van der Waals surface area contributed by atoms with Crippen LogP contribution in [0.5, 0.6) is 5.75 Å². The molecule has 6 heteroatoms. The number of methoxy groups -OCH3 is 1. The van der Waals surface area contributed by atoms with Gasteiger partial charge in [-0.2, -0.15) is 0 Å². The fourth-order valence-corrected chi connectivity index (χ4v) is 2.47. The molecule has 0 aliphatic heterocycles. The van der Waals surface area contributed by atoms with Crippen molar-refractivity contribution in [3.05, 3.63) is 11.5 Å². The first-order valence-corrected chi connectivity index (χ1v) is 6.06. The van der Waals surface area contributed by atoms with Crippen molar-refractivity contribution in [2.75, 3.05) is 19.0 Å². The Kier molecular flexibility index (Phi) is 4.02. The lowest BCUT2D eigenvalue weighted by Gasteiger charge is -2.20. The number of nitrogens with zero attached hydrogens (tertiary/aromatic N) is 2. The molecule has 0 bridgehead atoms. The van der Waals surface area contributed by atoms with Gasteiger partial charge in [-0.15, -0.1) is 0 Å². The first kappa shape index (κ1) is 12.4. The summed E-state index contributed by atoms with van der Waals surface area (Å²) in [5.74, 6) is 1.32. The fourth-order valence-electron chi connectivity index (χ4n) is 2.26. The number of ether oxygens (including phenoxy) is 1. The van der Waals surface area contributed by atoms with Crippen LogP contribution in [0.1, 0.15) is 19.3 Å². The maximum absolute atomic E-state index is 9.27. The summed E-state index contributed by atoms with van der Waals surface area (Å²) < 4.78 is 5.17. The summed E-state index contributed by atoms with van der Waals surface area (Å²) in [4.78, 5) is 7.99.